The van der Waals surface area contributed by atoms with Crippen LogP contribution in [-0.4, -0.2) is 24.5 Å². The Labute approximate surface area is 147 Å². The Morgan fingerprint density at radius 1 is 0.833 bits per heavy atom. The summed E-state index contributed by atoms with van der Waals surface area (Å²) in [4.78, 5) is 2.55. The monoisotopic (exact) mass is 324 g/mol. The Hall–Kier alpha value is -1.64. The maximum absolute atomic E-state index is 3.52. The fraction of sp³-hybridized carbons (Fsp3) is 0.455. The van der Waals surface area contributed by atoms with Gasteiger partial charge in [0.25, 0.3) is 0 Å². The van der Waals surface area contributed by atoms with E-state index in [-0.39, 0.29) is 0 Å². The molecule has 2 heteroatoms. The zero-order valence-electron chi connectivity index (χ0n) is 15.6. The van der Waals surface area contributed by atoms with Crippen LogP contribution in [0.1, 0.15) is 38.3 Å². The van der Waals surface area contributed by atoms with E-state index in [0.717, 1.165) is 19.6 Å². The minimum Gasteiger partial charge on any atom is -0.316 e. The largest absolute Gasteiger partial charge is 0.316 e. The van der Waals surface area contributed by atoms with Gasteiger partial charge in [-0.3, -0.25) is 4.90 Å². The molecule has 2 nitrogen and oxygen atoms in total. The molecule has 1 atom stereocenters. The van der Waals surface area contributed by atoms with Crippen molar-refractivity contribution in [1.82, 2.24) is 10.2 Å². The highest BCUT2D eigenvalue weighted by Crippen LogP contribution is 2.22. The molecule has 0 saturated carbocycles. The number of hydrogen-bond acceptors (Lipinski definition) is 2. The summed E-state index contributed by atoms with van der Waals surface area (Å²) in [6.45, 7) is 9.97. The SMILES string of the molecule is CNC(CN(Cc1ccccc1)Cc1ccccc1)CC(C)(C)C. The van der Waals surface area contributed by atoms with Crippen molar-refractivity contribution < 1.29 is 0 Å². The minimum atomic E-state index is 0.332. The van der Waals surface area contributed by atoms with Gasteiger partial charge in [-0.15, -0.1) is 0 Å². The second kappa shape index (κ2) is 9.00. The van der Waals surface area contributed by atoms with Crippen molar-refractivity contribution in [2.24, 2.45) is 5.41 Å². The maximum atomic E-state index is 3.52. The first kappa shape index (κ1) is 18.7. The van der Waals surface area contributed by atoms with E-state index in [9.17, 15) is 0 Å². The number of benzene rings is 2. The molecule has 0 heterocycles. The molecule has 2 aromatic rings. The summed E-state index contributed by atoms with van der Waals surface area (Å²) in [5, 5.41) is 3.52. The number of hydrogen-bond donors (Lipinski definition) is 1. The van der Waals surface area contributed by atoms with Crippen molar-refractivity contribution in [1.29, 1.82) is 0 Å². The van der Waals surface area contributed by atoms with E-state index in [4.69, 9.17) is 0 Å². The first-order chi connectivity index (χ1) is 11.5. The van der Waals surface area contributed by atoms with Gasteiger partial charge >= 0.3 is 0 Å². The van der Waals surface area contributed by atoms with Crippen LogP contribution in [0.25, 0.3) is 0 Å². The molecule has 0 fully saturated rings. The number of rotatable bonds is 8. The number of nitrogens with zero attached hydrogens (tertiary/aromatic N) is 1. The van der Waals surface area contributed by atoms with Crippen LogP contribution in [0.2, 0.25) is 0 Å². The van der Waals surface area contributed by atoms with Crippen LogP contribution in [0, 0.1) is 5.41 Å². The first-order valence-electron chi connectivity index (χ1n) is 8.94. The molecule has 2 aromatic carbocycles. The summed E-state index contributed by atoms with van der Waals surface area (Å²) >= 11 is 0. The molecule has 0 radical (unpaired) electrons. The van der Waals surface area contributed by atoms with Crippen LogP contribution < -0.4 is 5.32 Å². The summed E-state index contributed by atoms with van der Waals surface area (Å²) in [5.74, 6) is 0. The van der Waals surface area contributed by atoms with Gasteiger partial charge in [-0.2, -0.15) is 0 Å². The van der Waals surface area contributed by atoms with Crippen LogP contribution in [-0.2, 0) is 13.1 Å². The van der Waals surface area contributed by atoms with Crippen LogP contribution in [0.4, 0.5) is 0 Å². The van der Waals surface area contributed by atoms with Crippen LogP contribution in [0.5, 0.6) is 0 Å². The van der Waals surface area contributed by atoms with Gasteiger partial charge in [0.1, 0.15) is 0 Å². The molecular weight excluding hydrogens is 292 g/mol. The van der Waals surface area contributed by atoms with Gasteiger partial charge in [-0.05, 0) is 30.0 Å². The van der Waals surface area contributed by atoms with Gasteiger partial charge in [0.15, 0.2) is 0 Å². The van der Waals surface area contributed by atoms with Gasteiger partial charge in [0, 0.05) is 25.7 Å². The third kappa shape index (κ3) is 6.86. The van der Waals surface area contributed by atoms with Crippen molar-refractivity contribution in [3.05, 3.63) is 71.8 Å². The molecule has 0 aromatic heterocycles. The van der Waals surface area contributed by atoms with E-state index < -0.39 is 0 Å². The van der Waals surface area contributed by atoms with Crippen LogP contribution in [0.15, 0.2) is 60.7 Å². The van der Waals surface area contributed by atoms with Crippen molar-refractivity contribution in [3.8, 4) is 0 Å². The second-order valence-corrected chi connectivity index (χ2v) is 7.89. The average molecular weight is 325 g/mol. The van der Waals surface area contributed by atoms with E-state index in [1.54, 1.807) is 0 Å². The molecule has 0 aliphatic carbocycles. The summed E-state index contributed by atoms with van der Waals surface area (Å²) < 4.78 is 0. The summed E-state index contributed by atoms with van der Waals surface area (Å²) in [6.07, 6.45) is 1.17. The molecule has 0 aliphatic heterocycles. The van der Waals surface area contributed by atoms with Crippen LogP contribution >= 0.6 is 0 Å². The van der Waals surface area contributed by atoms with Crippen molar-refractivity contribution in [2.75, 3.05) is 13.6 Å². The van der Waals surface area contributed by atoms with Gasteiger partial charge in [-0.1, -0.05) is 81.4 Å². The van der Waals surface area contributed by atoms with E-state index >= 15 is 0 Å². The predicted molar refractivity (Wildman–Crippen MR) is 104 cm³/mol. The lowest BCUT2D eigenvalue weighted by Crippen LogP contribution is -2.41. The van der Waals surface area contributed by atoms with Gasteiger partial charge in [0.05, 0.1) is 0 Å². The Bertz CT molecular complexity index is 530. The van der Waals surface area contributed by atoms with E-state index in [1.807, 2.05) is 0 Å². The lowest BCUT2D eigenvalue weighted by atomic mass is 9.88. The smallest absolute Gasteiger partial charge is 0.0237 e. The average Bonchev–Trinajstić information content (AvgIpc) is 2.55. The van der Waals surface area contributed by atoms with Crippen molar-refractivity contribution in [3.63, 3.8) is 0 Å². The minimum absolute atomic E-state index is 0.332. The fourth-order valence-electron chi connectivity index (χ4n) is 3.18. The molecule has 0 aliphatic rings. The first-order valence-corrected chi connectivity index (χ1v) is 8.94. The summed E-state index contributed by atoms with van der Waals surface area (Å²) in [5.41, 5.74) is 3.08. The second-order valence-electron chi connectivity index (χ2n) is 7.89. The Balaban J connectivity index is 2.09. The highest BCUT2D eigenvalue weighted by atomic mass is 15.1. The van der Waals surface area contributed by atoms with Crippen molar-refractivity contribution >= 4 is 0 Å². The third-order valence-electron chi connectivity index (χ3n) is 4.24. The Morgan fingerprint density at radius 2 is 1.29 bits per heavy atom. The Kier molecular flexibility index (Phi) is 7.01. The molecule has 0 saturated heterocycles. The standard InChI is InChI=1S/C22H32N2/c1-22(2,3)15-21(23-4)18-24(16-19-11-7-5-8-12-19)17-20-13-9-6-10-14-20/h5-14,21,23H,15-18H2,1-4H3. The third-order valence-corrected chi connectivity index (χ3v) is 4.24. The van der Waals surface area contributed by atoms with Gasteiger partial charge in [-0.25, -0.2) is 0 Å². The Morgan fingerprint density at radius 3 is 1.67 bits per heavy atom. The molecule has 24 heavy (non-hydrogen) atoms. The summed E-state index contributed by atoms with van der Waals surface area (Å²) in [6, 6.07) is 22.0. The maximum Gasteiger partial charge on any atom is 0.0237 e. The van der Waals surface area contributed by atoms with Crippen LogP contribution in [0.3, 0.4) is 0 Å². The number of nitrogens with one attached hydrogen (secondary N) is 1. The molecule has 1 unspecified atom stereocenters. The zero-order valence-corrected chi connectivity index (χ0v) is 15.6. The lowest BCUT2D eigenvalue weighted by molar-refractivity contribution is 0.199. The topological polar surface area (TPSA) is 15.3 Å². The van der Waals surface area contributed by atoms with E-state index in [2.05, 4.69) is 98.7 Å². The molecule has 0 amide bonds. The molecule has 0 bridgehead atoms. The quantitative estimate of drug-likeness (QED) is 0.756. The van der Waals surface area contributed by atoms with Gasteiger partial charge in [0.2, 0.25) is 0 Å². The fourth-order valence-corrected chi connectivity index (χ4v) is 3.18. The summed E-state index contributed by atoms with van der Waals surface area (Å²) in [7, 11) is 2.08. The normalized spacial score (nSPS) is 13.2. The number of likely N-dealkylation sites (N-methyl/N-ethyl adjacent to an activating group) is 1. The molecule has 0 spiro atoms. The predicted octanol–water partition coefficient (Wildman–Crippen LogP) is 4.71. The van der Waals surface area contributed by atoms with Gasteiger partial charge < -0.3 is 5.32 Å². The molecule has 130 valence electrons. The molecule has 2 rings (SSSR count). The highest BCUT2D eigenvalue weighted by molar-refractivity contribution is 5.17. The zero-order chi connectivity index (χ0) is 17.4. The van der Waals surface area contributed by atoms with E-state index in [1.165, 1.54) is 17.5 Å². The lowest BCUT2D eigenvalue weighted by Gasteiger charge is -2.31. The highest BCUT2D eigenvalue weighted by Gasteiger charge is 2.20. The van der Waals surface area contributed by atoms with E-state index in [0.29, 0.717) is 11.5 Å². The molecular formula is C22H32N2. The molecule has 1 N–H and O–H groups in total. The van der Waals surface area contributed by atoms with Crippen molar-refractivity contribution in [2.45, 2.75) is 46.3 Å².